The van der Waals surface area contributed by atoms with E-state index < -0.39 is 11.9 Å². The Labute approximate surface area is 221 Å². The molecule has 6 rings (SSSR count). The van der Waals surface area contributed by atoms with E-state index in [2.05, 4.69) is 46.2 Å². The number of benzene rings is 3. The summed E-state index contributed by atoms with van der Waals surface area (Å²) in [5.74, 6) is 0.333. The molecule has 38 heavy (non-hydrogen) atoms. The van der Waals surface area contributed by atoms with E-state index in [0.29, 0.717) is 29.4 Å². The molecule has 0 saturated carbocycles. The molecule has 0 aliphatic carbocycles. The van der Waals surface area contributed by atoms with E-state index >= 15 is 0 Å². The Balaban J connectivity index is 1.30. The molecule has 4 aromatic rings. The van der Waals surface area contributed by atoms with Crippen molar-refractivity contribution in [1.29, 1.82) is 0 Å². The minimum atomic E-state index is -0.753. The first-order valence-corrected chi connectivity index (χ1v) is 13.1. The van der Waals surface area contributed by atoms with Crippen LogP contribution in [0.1, 0.15) is 63.4 Å². The Morgan fingerprint density at radius 1 is 1.03 bits per heavy atom. The number of aromatic amines is 1. The zero-order chi connectivity index (χ0) is 26.4. The Bertz CT molecular complexity index is 1490. The van der Waals surface area contributed by atoms with Crippen LogP contribution in [0.3, 0.4) is 0 Å². The largest absolute Gasteiger partial charge is 0.508 e. The smallest absolute Gasteiger partial charge is 0.255 e. The summed E-state index contributed by atoms with van der Waals surface area (Å²) in [6, 6.07) is 17.7. The molecule has 3 heterocycles. The van der Waals surface area contributed by atoms with Gasteiger partial charge < -0.3 is 19.9 Å². The highest BCUT2D eigenvalue weighted by Crippen LogP contribution is 2.39. The van der Waals surface area contributed by atoms with Gasteiger partial charge in [-0.3, -0.25) is 4.79 Å². The highest BCUT2D eigenvalue weighted by atomic mass is 19.1. The van der Waals surface area contributed by atoms with Gasteiger partial charge in [0.05, 0.1) is 5.69 Å². The van der Waals surface area contributed by atoms with Crippen LogP contribution in [-0.4, -0.2) is 50.9 Å². The minimum Gasteiger partial charge on any atom is -0.508 e. The number of aromatic nitrogens is 2. The normalized spacial score (nSPS) is 17.1. The number of halogens is 1. The highest BCUT2D eigenvalue weighted by molar-refractivity contribution is 6.00. The number of rotatable bonds is 5. The molecular formula is C31H31FN4O2. The number of amides is 1. The van der Waals surface area contributed by atoms with Crippen LogP contribution in [0, 0.1) is 12.7 Å². The van der Waals surface area contributed by atoms with E-state index in [9.17, 15) is 14.3 Å². The third-order valence-corrected chi connectivity index (χ3v) is 7.96. The van der Waals surface area contributed by atoms with Crippen molar-refractivity contribution in [2.45, 2.75) is 38.3 Å². The lowest BCUT2D eigenvalue weighted by molar-refractivity contribution is 0.0723. The maximum Gasteiger partial charge on any atom is 0.255 e. The molecule has 2 N–H and O–H groups in total. The summed E-state index contributed by atoms with van der Waals surface area (Å²) in [5, 5.41) is 10.6. The summed E-state index contributed by atoms with van der Waals surface area (Å²) >= 11 is 0. The molecule has 194 valence electrons. The first-order chi connectivity index (χ1) is 18.4. The molecule has 0 radical (unpaired) electrons. The quantitative estimate of drug-likeness (QED) is 0.357. The van der Waals surface area contributed by atoms with Crippen LogP contribution >= 0.6 is 0 Å². The molecule has 0 bridgehead atoms. The van der Waals surface area contributed by atoms with E-state index in [4.69, 9.17) is 0 Å². The average Bonchev–Trinajstić information content (AvgIpc) is 3.49. The van der Waals surface area contributed by atoms with E-state index in [1.54, 1.807) is 11.1 Å². The Hall–Kier alpha value is -3.97. The standard InChI is InChI=1S/C31H31FN4O2/c1-19-17-33-30(34-19)29(27-16-25(32)9-10-28(27)37)36-18-24-8-7-23(15-26(24)31(36)38)21-5-3-20(4-6-21)22-11-13-35(2)14-12-22/h3-10,15-17,22,29,37H,11-14,18H2,1-2H3,(H,33,34). The fourth-order valence-corrected chi connectivity index (χ4v) is 5.78. The fourth-order valence-electron chi connectivity index (χ4n) is 5.78. The third-order valence-electron chi connectivity index (χ3n) is 7.96. The monoisotopic (exact) mass is 510 g/mol. The SMILES string of the molecule is Cc1c[nH]c(C(c2cc(F)ccc2O)N2Cc3ccc(-c4ccc(C5CCN(C)CC5)cc4)cc3C2=O)n1. The average molecular weight is 511 g/mol. The molecule has 1 saturated heterocycles. The number of hydrogen-bond acceptors (Lipinski definition) is 4. The van der Waals surface area contributed by atoms with Gasteiger partial charge in [0.15, 0.2) is 0 Å². The maximum atomic E-state index is 14.2. The van der Waals surface area contributed by atoms with Crippen molar-refractivity contribution >= 4 is 5.91 Å². The number of carbonyl (C=O) groups is 1. The maximum absolute atomic E-state index is 14.2. The van der Waals surface area contributed by atoms with Gasteiger partial charge in [-0.15, -0.1) is 0 Å². The lowest BCUT2D eigenvalue weighted by Crippen LogP contribution is -2.31. The van der Waals surface area contributed by atoms with Gasteiger partial charge in [0.1, 0.15) is 23.4 Å². The van der Waals surface area contributed by atoms with Crippen LogP contribution < -0.4 is 0 Å². The van der Waals surface area contributed by atoms with Crippen molar-refractivity contribution in [3.05, 3.63) is 106 Å². The number of likely N-dealkylation sites (tertiary alicyclic amines) is 1. The number of H-pyrrole nitrogens is 1. The number of hydrogen-bond donors (Lipinski definition) is 2. The number of phenols is 1. The second-order valence-electron chi connectivity index (χ2n) is 10.5. The lowest BCUT2D eigenvalue weighted by atomic mass is 9.88. The zero-order valence-corrected chi connectivity index (χ0v) is 21.6. The summed E-state index contributed by atoms with van der Waals surface area (Å²) in [6.45, 7) is 4.43. The van der Waals surface area contributed by atoms with Gasteiger partial charge in [0, 0.05) is 23.9 Å². The minimum absolute atomic E-state index is 0.0837. The number of nitrogens with zero attached hydrogens (tertiary/aromatic N) is 3. The third kappa shape index (κ3) is 4.47. The van der Waals surface area contributed by atoms with E-state index in [1.807, 2.05) is 25.1 Å². The number of piperidine rings is 1. The second kappa shape index (κ2) is 9.72. The van der Waals surface area contributed by atoms with Crippen LogP contribution in [-0.2, 0) is 6.54 Å². The Morgan fingerprint density at radius 3 is 2.47 bits per heavy atom. The van der Waals surface area contributed by atoms with Crippen molar-refractivity contribution in [3.63, 3.8) is 0 Å². The second-order valence-corrected chi connectivity index (χ2v) is 10.5. The Morgan fingerprint density at radius 2 is 1.76 bits per heavy atom. The molecular weight excluding hydrogens is 479 g/mol. The van der Waals surface area contributed by atoms with Gasteiger partial charge >= 0.3 is 0 Å². The van der Waals surface area contributed by atoms with Crippen LogP contribution in [0.4, 0.5) is 4.39 Å². The van der Waals surface area contributed by atoms with Crippen LogP contribution in [0.5, 0.6) is 5.75 Å². The summed E-state index contributed by atoms with van der Waals surface area (Å²) in [6.07, 6.45) is 4.09. The molecule has 1 amide bonds. The molecule has 3 aromatic carbocycles. The lowest BCUT2D eigenvalue weighted by Gasteiger charge is -2.29. The van der Waals surface area contributed by atoms with E-state index in [-0.39, 0.29) is 11.7 Å². The zero-order valence-electron chi connectivity index (χ0n) is 21.6. The number of aromatic hydroxyl groups is 1. The van der Waals surface area contributed by atoms with Crippen LogP contribution in [0.15, 0.2) is 66.9 Å². The molecule has 2 aliphatic rings. The number of phenolic OH excluding ortho intramolecular Hbond substituents is 1. The molecule has 6 nitrogen and oxygen atoms in total. The van der Waals surface area contributed by atoms with Crippen LogP contribution in [0.25, 0.3) is 11.1 Å². The summed E-state index contributed by atoms with van der Waals surface area (Å²) in [7, 11) is 2.17. The molecule has 0 spiro atoms. The van der Waals surface area contributed by atoms with E-state index in [1.165, 1.54) is 36.6 Å². The van der Waals surface area contributed by atoms with Crippen LogP contribution in [0.2, 0.25) is 0 Å². The number of nitrogens with one attached hydrogen (secondary N) is 1. The number of carbonyl (C=O) groups excluding carboxylic acids is 1. The van der Waals surface area contributed by atoms with E-state index in [0.717, 1.165) is 35.5 Å². The highest BCUT2D eigenvalue weighted by Gasteiger charge is 2.37. The van der Waals surface area contributed by atoms with Gasteiger partial charge in [0.25, 0.3) is 5.91 Å². The summed E-state index contributed by atoms with van der Waals surface area (Å²) in [5.41, 5.74) is 5.97. The first kappa shape index (κ1) is 24.4. The summed E-state index contributed by atoms with van der Waals surface area (Å²) in [4.78, 5) is 25.4. The fraction of sp³-hybridized carbons (Fsp3) is 0.290. The number of imidazole rings is 1. The van der Waals surface area contributed by atoms with Gasteiger partial charge in [-0.2, -0.15) is 0 Å². The molecule has 7 heteroatoms. The molecule has 1 aromatic heterocycles. The topological polar surface area (TPSA) is 72.5 Å². The van der Waals surface area contributed by atoms with Crippen molar-refractivity contribution in [1.82, 2.24) is 19.8 Å². The number of aryl methyl sites for hydroxylation is 1. The van der Waals surface area contributed by atoms with Crippen molar-refractivity contribution in [2.24, 2.45) is 0 Å². The Kier molecular flexibility index (Phi) is 6.24. The molecule has 1 fully saturated rings. The van der Waals surface area contributed by atoms with Gasteiger partial charge in [0.2, 0.25) is 0 Å². The van der Waals surface area contributed by atoms with Crippen molar-refractivity contribution in [3.8, 4) is 16.9 Å². The van der Waals surface area contributed by atoms with Crippen molar-refractivity contribution < 1.29 is 14.3 Å². The molecule has 1 unspecified atom stereocenters. The molecule has 2 aliphatic heterocycles. The number of fused-ring (bicyclic) bond motifs is 1. The van der Waals surface area contributed by atoms with Gasteiger partial charge in [-0.1, -0.05) is 36.4 Å². The van der Waals surface area contributed by atoms with Gasteiger partial charge in [-0.05, 0) is 92.3 Å². The predicted molar refractivity (Wildman–Crippen MR) is 144 cm³/mol. The van der Waals surface area contributed by atoms with Gasteiger partial charge in [-0.25, -0.2) is 9.37 Å². The molecule has 1 atom stereocenters. The van der Waals surface area contributed by atoms with Crippen molar-refractivity contribution in [2.75, 3.05) is 20.1 Å². The summed E-state index contributed by atoms with van der Waals surface area (Å²) < 4.78 is 14.2. The predicted octanol–water partition coefficient (Wildman–Crippen LogP) is 5.78. The first-order valence-electron chi connectivity index (χ1n) is 13.1.